The maximum absolute atomic E-state index is 13.0. The summed E-state index contributed by atoms with van der Waals surface area (Å²) in [6.45, 7) is -0.322. The van der Waals surface area contributed by atoms with E-state index in [1.54, 1.807) is 0 Å². The van der Waals surface area contributed by atoms with Crippen LogP contribution in [0, 0.1) is 21.7 Å². The summed E-state index contributed by atoms with van der Waals surface area (Å²) in [4.78, 5) is 21.7. The van der Waals surface area contributed by atoms with Gasteiger partial charge < -0.3 is 10.1 Å². The van der Waals surface area contributed by atoms with Crippen molar-refractivity contribution in [2.24, 2.45) is 0 Å². The quantitative estimate of drug-likeness (QED) is 0.485. The highest BCUT2D eigenvalue weighted by Crippen LogP contribution is 2.22. The Morgan fingerprint density at radius 1 is 1.40 bits per heavy atom. The molecule has 0 radical (unpaired) electrons. The van der Waals surface area contributed by atoms with Crippen LogP contribution in [0.1, 0.15) is 10.4 Å². The maximum Gasteiger partial charge on any atom is 0.404 e. The minimum Gasteiger partial charge on any atom is -0.358 e. The standard InChI is InChI=1S/C11H6BrF2N3O3/c12-7-4-16(15-11(7)17(19)20)5-10(18)6-1-2-8(13)9(14)3-6/h1-4H,5H2. The smallest absolute Gasteiger partial charge is 0.358 e. The Balaban J connectivity index is 2.21. The zero-order chi connectivity index (χ0) is 14.9. The molecule has 0 N–H and O–H groups in total. The van der Waals surface area contributed by atoms with E-state index in [-0.39, 0.29) is 16.6 Å². The minimum absolute atomic E-state index is 0.0434. The van der Waals surface area contributed by atoms with E-state index >= 15 is 0 Å². The summed E-state index contributed by atoms with van der Waals surface area (Å²) >= 11 is 2.94. The van der Waals surface area contributed by atoms with E-state index in [0.29, 0.717) is 0 Å². The molecular weight excluding hydrogens is 340 g/mol. The normalized spacial score (nSPS) is 10.6. The highest BCUT2D eigenvalue weighted by atomic mass is 79.9. The van der Waals surface area contributed by atoms with Crippen molar-refractivity contribution in [3.8, 4) is 0 Å². The number of nitro groups is 1. The number of aromatic nitrogens is 2. The first-order valence-electron chi connectivity index (χ1n) is 5.24. The summed E-state index contributed by atoms with van der Waals surface area (Å²) in [6.07, 6.45) is 1.26. The molecule has 0 saturated heterocycles. The summed E-state index contributed by atoms with van der Waals surface area (Å²) in [7, 11) is 0. The van der Waals surface area contributed by atoms with Gasteiger partial charge in [0.25, 0.3) is 0 Å². The van der Waals surface area contributed by atoms with Gasteiger partial charge in [0.1, 0.15) is 11.0 Å². The summed E-state index contributed by atoms with van der Waals surface area (Å²) < 4.78 is 26.9. The zero-order valence-electron chi connectivity index (χ0n) is 9.72. The second kappa shape index (κ2) is 5.45. The Hall–Kier alpha value is -2.16. The molecule has 2 rings (SSSR count). The van der Waals surface area contributed by atoms with Crippen molar-refractivity contribution in [2.45, 2.75) is 6.54 Å². The molecule has 0 spiro atoms. The number of ketones is 1. The Bertz CT molecular complexity index is 702. The molecule has 0 aliphatic carbocycles. The van der Waals surface area contributed by atoms with Crippen molar-refractivity contribution in [2.75, 3.05) is 0 Å². The molecule has 1 heterocycles. The number of rotatable bonds is 4. The Kier molecular flexibility index (Phi) is 3.89. The molecule has 0 saturated carbocycles. The molecule has 9 heteroatoms. The van der Waals surface area contributed by atoms with Crippen LogP contribution in [0.15, 0.2) is 28.9 Å². The van der Waals surface area contributed by atoms with Crippen molar-refractivity contribution in [3.63, 3.8) is 0 Å². The summed E-state index contributed by atoms with van der Waals surface area (Å²) in [6, 6.07) is 2.74. The average molecular weight is 346 g/mol. The van der Waals surface area contributed by atoms with E-state index in [9.17, 15) is 23.7 Å². The highest BCUT2D eigenvalue weighted by molar-refractivity contribution is 9.10. The lowest BCUT2D eigenvalue weighted by molar-refractivity contribution is -0.390. The average Bonchev–Trinajstić information content (AvgIpc) is 2.73. The van der Waals surface area contributed by atoms with E-state index in [4.69, 9.17) is 0 Å². The van der Waals surface area contributed by atoms with Gasteiger partial charge in [0.2, 0.25) is 0 Å². The van der Waals surface area contributed by atoms with Gasteiger partial charge in [0, 0.05) is 5.56 Å². The molecule has 0 atom stereocenters. The first-order valence-corrected chi connectivity index (χ1v) is 6.03. The van der Waals surface area contributed by atoms with Gasteiger partial charge in [-0.15, -0.1) is 0 Å². The molecule has 20 heavy (non-hydrogen) atoms. The largest absolute Gasteiger partial charge is 0.404 e. The number of Topliss-reactive ketones (excluding diaryl/α,β-unsaturated/α-hetero) is 1. The number of hydrogen-bond acceptors (Lipinski definition) is 4. The number of nitrogens with zero attached hydrogens (tertiary/aromatic N) is 3. The number of hydrogen-bond donors (Lipinski definition) is 0. The Labute approximate surface area is 119 Å². The first kappa shape index (κ1) is 14.3. The molecule has 2 aromatic rings. The van der Waals surface area contributed by atoms with Gasteiger partial charge in [-0.25, -0.2) is 8.78 Å². The van der Waals surface area contributed by atoms with Crippen LogP contribution in [-0.4, -0.2) is 20.5 Å². The van der Waals surface area contributed by atoms with E-state index in [2.05, 4.69) is 21.0 Å². The van der Waals surface area contributed by atoms with Crippen LogP contribution in [0.4, 0.5) is 14.6 Å². The highest BCUT2D eigenvalue weighted by Gasteiger charge is 2.20. The summed E-state index contributed by atoms with van der Waals surface area (Å²) in [5.74, 6) is -3.17. The predicted molar refractivity (Wildman–Crippen MR) is 67.3 cm³/mol. The predicted octanol–water partition coefficient (Wildman–Crippen LogP) is 2.71. The lowest BCUT2D eigenvalue weighted by Gasteiger charge is -2.00. The summed E-state index contributed by atoms with van der Waals surface area (Å²) in [5, 5.41) is 14.2. The van der Waals surface area contributed by atoms with Crippen molar-refractivity contribution in [1.29, 1.82) is 0 Å². The van der Waals surface area contributed by atoms with Crippen molar-refractivity contribution in [3.05, 3.63) is 56.2 Å². The fourth-order valence-electron chi connectivity index (χ4n) is 1.50. The second-order valence-corrected chi connectivity index (χ2v) is 4.66. The van der Waals surface area contributed by atoms with Gasteiger partial charge in [-0.2, -0.15) is 4.68 Å². The molecule has 0 aliphatic heterocycles. The van der Waals surface area contributed by atoms with Crippen LogP contribution in [-0.2, 0) is 6.54 Å². The molecule has 1 aromatic carbocycles. The molecule has 6 nitrogen and oxygen atoms in total. The monoisotopic (exact) mass is 345 g/mol. The fourth-order valence-corrected chi connectivity index (χ4v) is 1.96. The molecule has 0 aliphatic rings. The third-order valence-electron chi connectivity index (χ3n) is 2.42. The van der Waals surface area contributed by atoms with Gasteiger partial charge in [-0.1, -0.05) is 0 Å². The van der Waals surface area contributed by atoms with Gasteiger partial charge in [-0.05, 0) is 39.1 Å². The molecule has 0 unspecified atom stereocenters. The third kappa shape index (κ3) is 2.87. The molecule has 0 fully saturated rings. The Morgan fingerprint density at radius 3 is 2.65 bits per heavy atom. The van der Waals surface area contributed by atoms with Crippen LogP contribution in [0.2, 0.25) is 0 Å². The second-order valence-electron chi connectivity index (χ2n) is 3.81. The molecule has 0 amide bonds. The number of carbonyl (C=O) groups excluding carboxylic acids is 1. The van der Waals surface area contributed by atoms with Gasteiger partial charge in [0.15, 0.2) is 17.4 Å². The zero-order valence-corrected chi connectivity index (χ0v) is 11.3. The number of benzene rings is 1. The number of carbonyl (C=O) groups is 1. The third-order valence-corrected chi connectivity index (χ3v) is 2.98. The molecule has 0 bridgehead atoms. The van der Waals surface area contributed by atoms with E-state index in [1.807, 2.05) is 0 Å². The lowest BCUT2D eigenvalue weighted by atomic mass is 10.1. The lowest BCUT2D eigenvalue weighted by Crippen LogP contribution is -2.11. The molecule has 1 aromatic heterocycles. The molecule has 104 valence electrons. The van der Waals surface area contributed by atoms with Crippen molar-refractivity contribution >= 4 is 27.5 Å². The number of halogens is 3. The van der Waals surface area contributed by atoms with Crippen molar-refractivity contribution in [1.82, 2.24) is 9.78 Å². The van der Waals surface area contributed by atoms with Crippen LogP contribution >= 0.6 is 15.9 Å². The van der Waals surface area contributed by atoms with Gasteiger partial charge >= 0.3 is 5.82 Å². The van der Waals surface area contributed by atoms with Crippen LogP contribution in [0.5, 0.6) is 0 Å². The van der Waals surface area contributed by atoms with Crippen LogP contribution in [0.25, 0.3) is 0 Å². The maximum atomic E-state index is 13.0. The fraction of sp³-hybridized carbons (Fsp3) is 0.0909. The molecular formula is C11H6BrF2N3O3. The van der Waals surface area contributed by atoms with E-state index in [0.717, 1.165) is 22.9 Å². The topological polar surface area (TPSA) is 78.0 Å². The van der Waals surface area contributed by atoms with Crippen molar-refractivity contribution < 1.29 is 18.5 Å². The van der Waals surface area contributed by atoms with Crippen LogP contribution < -0.4 is 0 Å². The SMILES string of the molecule is O=C(Cn1cc(Br)c([N+](=O)[O-])n1)c1ccc(F)c(F)c1. The van der Waals surface area contributed by atoms with Crippen LogP contribution in [0.3, 0.4) is 0 Å². The first-order chi connectivity index (χ1) is 9.38. The Morgan fingerprint density at radius 2 is 2.10 bits per heavy atom. The van der Waals surface area contributed by atoms with Gasteiger partial charge in [-0.3, -0.25) is 4.79 Å². The minimum atomic E-state index is -1.14. The van der Waals surface area contributed by atoms with Gasteiger partial charge in [0.05, 0.1) is 11.3 Å². The van der Waals surface area contributed by atoms with E-state index < -0.39 is 28.2 Å². The van der Waals surface area contributed by atoms with E-state index in [1.165, 1.54) is 6.20 Å². The summed E-state index contributed by atoms with van der Waals surface area (Å²) in [5.41, 5.74) is -0.0434.